The van der Waals surface area contributed by atoms with Crippen molar-refractivity contribution in [3.8, 4) is 0 Å². The average molecular weight is 384 g/mol. The van der Waals surface area contributed by atoms with E-state index in [1.807, 2.05) is 18.5 Å². The molecular formula is C20H29N7O. The summed E-state index contributed by atoms with van der Waals surface area (Å²) in [5, 5.41) is 10.2. The summed E-state index contributed by atoms with van der Waals surface area (Å²) >= 11 is 0. The van der Waals surface area contributed by atoms with Gasteiger partial charge in [-0.15, -0.1) is 0 Å². The fraction of sp³-hybridized carbons (Fsp3) is 0.600. The van der Waals surface area contributed by atoms with E-state index in [0.717, 1.165) is 56.4 Å². The maximum absolute atomic E-state index is 10.2. The van der Waals surface area contributed by atoms with Crippen LogP contribution in [-0.4, -0.2) is 82.4 Å². The lowest BCUT2D eigenvalue weighted by Crippen LogP contribution is -2.38. The summed E-state index contributed by atoms with van der Waals surface area (Å²) in [7, 11) is 4.13. The summed E-state index contributed by atoms with van der Waals surface area (Å²) in [6.45, 7) is 3.40. The molecule has 2 aromatic rings. The quantitative estimate of drug-likeness (QED) is 0.824. The zero-order chi connectivity index (χ0) is 19.5. The van der Waals surface area contributed by atoms with Crippen LogP contribution in [0.1, 0.15) is 31.0 Å². The van der Waals surface area contributed by atoms with Gasteiger partial charge in [0.1, 0.15) is 23.8 Å². The van der Waals surface area contributed by atoms with Crippen LogP contribution in [0.4, 0.5) is 11.6 Å². The number of piperidine rings is 1. The summed E-state index contributed by atoms with van der Waals surface area (Å²) in [4.78, 5) is 24.6. The minimum absolute atomic E-state index is 0.272. The van der Waals surface area contributed by atoms with Gasteiger partial charge in [0.25, 0.3) is 0 Å². The molecule has 1 N–H and O–H groups in total. The van der Waals surface area contributed by atoms with Crippen molar-refractivity contribution in [1.29, 1.82) is 0 Å². The first kappa shape index (κ1) is 19.0. The Bertz CT molecular complexity index is 764. The number of hydrogen-bond donors (Lipinski definition) is 1. The number of β-amino-alcohol motifs (C(OH)–C–C–N with tert-alkyl or cyclic N) is 1. The Hall–Kier alpha value is -2.32. The molecule has 4 heterocycles. The van der Waals surface area contributed by atoms with Gasteiger partial charge >= 0.3 is 0 Å². The second-order valence-electron chi connectivity index (χ2n) is 8.06. The van der Waals surface area contributed by atoms with Gasteiger partial charge in [-0.3, -0.25) is 0 Å². The number of hydrogen-bond acceptors (Lipinski definition) is 8. The third-order valence-corrected chi connectivity index (χ3v) is 5.67. The van der Waals surface area contributed by atoms with E-state index >= 15 is 0 Å². The van der Waals surface area contributed by atoms with Crippen molar-refractivity contribution in [2.75, 3.05) is 50.1 Å². The van der Waals surface area contributed by atoms with Gasteiger partial charge in [-0.05, 0) is 39.4 Å². The van der Waals surface area contributed by atoms with Gasteiger partial charge in [0, 0.05) is 56.6 Å². The smallest absolute Gasteiger partial charge is 0.134 e. The summed E-state index contributed by atoms with van der Waals surface area (Å²) < 4.78 is 0. The molecule has 28 heavy (non-hydrogen) atoms. The lowest BCUT2D eigenvalue weighted by molar-refractivity contribution is 0.191. The van der Waals surface area contributed by atoms with Crippen molar-refractivity contribution in [2.45, 2.75) is 37.3 Å². The van der Waals surface area contributed by atoms with Crippen molar-refractivity contribution >= 4 is 11.6 Å². The molecule has 8 nitrogen and oxygen atoms in total. The first-order valence-corrected chi connectivity index (χ1v) is 10.0. The van der Waals surface area contributed by atoms with E-state index in [1.54, 1.807) is 6.33 Å². The molecule has 8 heteroatoms. The number of nitrogens with zero attached hydrogens (tertiary/aromatic N) is 7. The summed E-state index contributed by atoms with van der Waals surface area (Å²) in [5.41, 5.74) is 0. The molecule has 0 bridgehead atoms. The highest BCUT2D eigenvalue weighted by molar-refractivity contribution is 5.52. The van der Waals surface area contributed by atoms with E-state index < -0.39 is 0 Å². The van der Waals surface area contributed by atoms with Crippen molar-refractivity contribution in [3.05, 3.63) is 36.7 Å². The Kier molecular flexibility index (Phi) is 5.68. The number of aromatic nitrogens is 4. The third-order valence-electron chi connectivity index (χ3n) is 5.67. The maximum atomic E-state index is 10.2. The zero-order valence-electron chi connectivity index (χ0n) is 16.6. The Balaban J connectivity index is 1.44. The molecule has 2 atom stereocenters. The van der Waals surface area contributed by atoms with E-state index in [1.165, 1.54) is 0 Å². The van der Waals surface area contributed by atoms with Gasteiger partial charge in [-0.25, -0.2) is 19.9 Å². The normalized spacial score (nSPS) is 23.6. The maximum Gasteiger partial charge on any atom is 0.134 e. The van der Waals surface area contributed by atoms with Gasteiger partial charge < -0.3 is 19.8 Å². The molecule has 0 amide bonds. The Morgan fingerprint density at radius 3 is 2.50 bits per heavy atom. The van der Waals surface area contributed by atoms with Crippen LogP contribution in [0, 0.1) is 0 Å². The lowest BCUT2D eigenvalue weighted by atomic mass is 9.96. The molecule has 0 unspecified atom stereocenters. The van der Waals surface area contributed by atoms with Gasteiger partial charge in [0.15, 0.2) is 0 Å². The summed E-state index contributed by atoms with van der Waals surface area (Å²) in [6, 6.07) is 4.20. The van der Waals surface area contributed by atoms with E-state index in [0.29, 0.717) is 12.5 Å². The molecule has 2 aliphatic rings. The number of likely N-dealkylation sites (N-methyl/N-ethyl adjacent to an activating group) is 1. The number of rotatable bonds is 5. The molecule has 0 saturated carbocycles. The lowest BCUT2D eigenvalue weighted by Gasteiger charge is -2.33. The van der Waals surface area contributed by atoms with Crippen molar-refractivity contribution in [1.82, 2.24) is 24.8 Å². The third kappa shape index (κ3) is 4.23. The summed E-state index contributed by atoms with van der Waals surface area (Å²) in [5.74, 6) is 3.23. The van der Waals surface area contributed by atoms with Crippen LogP contribution >= 0.6 is 0 Å². The molecule has 0 aromatic carbocycles. The van der Waals surface area contributed by atoms with Crippen molar-refractivity contribution in [2.24, 2.45) is 0 Å². The largest absolute Gasteiger partial charge is 0.391 e. The van der Waals surface area contributed by atoms with Crippen LogP contribution in [0.15, 0.2) is 30.9 Å². The van der Waals surface area contributed by atoms with Crippen LogP contribution in [0.25, 0.3) is 0 Å². The molecule has 0 aliphatic carbocycles. The van der Waals surface area contributed by atoms with E-state index in [2.05, 4.69) is 54.8 Å². The molecule has 2 fully saturated rings. The van der Waals surface area contributed by atoms with E-state index in [9.17, 15) is 5.11 Å². The topological polar surface area (TPSA) is 81.5 Å². The van der Waals surface area contributed by atoms with Gasteiger partial charge in [0.2, 0.25) is 0 Å². The van der Waals surface area contributed by atoms with Crippen LogP contribution < -0.4 is 9.80 Å². The summed E-state index contributed by atoms with van der Waals surface area (Å²) in [6.07, 6.45) is 7.81. The van der Waals surface area contributed by atoms with Crippen LogP contribution in [0.2, 0.25) is 0 Å². The molecule has 0 spiro atoms. The van der Waals surface area contributed by atoms with Gasteiger partial charge in [-0.1, -0.05) is 0 Å². The second kappa shape index (κ2) is 8.36. The number of anilines is 2. The molecule has 2 aromatic heterocycles. The van der Waals surface area contributed by atoms with E-state index in [-0.39, 0.29) is 12.1 Å². The van der Waals surface area contributed by atoms with Crippen LogP contribution in [-0.2, 0) is 0 Å². The first-order valence-electron chi connectivity index (χ1n) is 10.0. The minimum atomic E-state index is -0.301. The molecule has 0 radical (unpaired) electrons. The standard InChI is InChI=1S/C20H29N7O/c1-25(2)12-16-10-17(28)13-27(16)19-11-18(23-14-24-19)26-8-4-15(5-9-26)20-21-6-3-7-22-20/h3,6-7,11,14-17,28H,4-5,8-10,12-13H2,1-2H3/t16-,17-/m1/s1. The predicted molar refractivity (Wildman–Crippen MR) is 109 cm³/mol. The Labute approximate surface area is 166 Å². The molecule has 4 rings (SSSR count). The molecule has 150 valence electrons. The number of aliphatic hydroxyl groups excluding tert-OH is 1. The zero-order valence-corrected chi connectivity index (χ0v) is 16.6. The van der Waals surface area contributed by atoms with Crippen LogP contribution in [0.5, 0.6) is 0 Å². The van der Waals surface area contributed by atoms with Crippen LogP contribution in [0.3, 0.4) is 0 Å². The molecular weight excluding hydrogens is 354 g/mol. The highest BCUT2D eigenvalue weighted by atomic mass is 16.3. The van der Waals surface area contributed by atoms with Gasteiger partial charge in [0.05, 0.1) is 6.10 Å². The van der Waals surface area contributed by atoms with Crippen molar-refractivity contribution in [3.63, 3.8) is 0 Å². The Morgan fingerprint density at radius 2 is 1.79 bits per heavy atom. The molecule has 2 saturated heterocycles. The predicted octanol–water partition coefficient (Wildman–Crippen LogP) is 1.15. The monoisotopic (exact) mass is 383 g/mol. The second-order valence-corrected chi connectivity index (χ2v) is 8.06. The minimum Gasteiger partial charge on any atom is -0.391 e. The first-order chi connectivity index (χ1) is 13.6. The highest BCUT2D eigenvalue weighted by Gasteiger charge is 2.32. The average Bonchev–Trinajstić information content (AvgIpc) is 3.08. The SMILES string of the molecule is CN(C)C[C@H]1C[C@@H](O)CN1c1cc(N2CCC(c3ncccn3)CC2)ncn1. The Morgan fingerprint density at radius 1 is 1.07 bits per heavy atom. The molecule has 2 aliphatic heterocycles. The van der Waals surface area contributed by atoms with Gasteiger partial charge in [-0.2, -0.15) is 0 Å². The van der Waals surface area contributed by atoms with Crippen molar-refractivity contribution < 1.29 is 5.11 Å². The van der Waals surface area contributed by atoms with E-state index in [4.69, 9.17) is 0 Å². The number of aliphatic hydroxyl groups is 1. The fourth-order valence-electron chi connectivity index (χ4n) is 4.32. The fourth-order valence-corrected chi connectivity index (χ4v) is 4.32. The highest BCUT2D eigenvalue weighted by Crippen LogP contribution is 2.30.